The molecule has 0 bridgehead atoms. The average molecular weight is 267 g/mol. The maximum Gasteiger partial charge on any atom is 0.0323 e. The summed E-state index contributed by atoms with van der Waals surface area (Å²) < 4.78 is 0. The van der Waals surface area contributed by atoms with Crippen molar-refractivity contribution in [2.75, 3.05) is 0 Å². The Balaban J connectivity index is 2.03. The molecule has 2 rings (SSSR count). The molecular weight excluding hydrogens is 242 g/mol. The quantitative estimate of drug-likeness (QED) is 0.743. The van der Waals surface area contributed by atoms with Gasteiger partial charge in [0.2, 0.25) is 0 Å². The molecule has 2 aromatic carbocycles. The van der Waals surface area contributed by atoms with Crippen molar-refractivity contribution >= 4 is 0 Å². The molecule has 0 aliphatic rings. The molecule has 2 aromatic rings. The smallest absolute Gasteiger partial charge is 0.0323 e. The van der Waals surface area contributed by atoms with Crippen LogP contribution in [0.25, 0.3) is 0 Å². The highest BCUT2D eigenvalue weighted by atomic mass is 14.9. The molecule has 0 aromatic heterocycles. The minimum atomic E-state index is 0.454. The van der Waals surface area contributed by atoms with E-state index in [1.807, 2.05) is 0 Å². The van der Waals surface area contributed by atoms with Gasteiger partial charge in [-0.3, -0.25) is 0 Å². The summed E-state index contributed by atoms with van der Waals surface area (Å²) in [4.78, 5) is 0. The fourth-order valence-corrected chi connectivity index (χ4v) is 2.52. The highest BCUT2D eigenvalue weighted by Crippen LogP contribution is 2.20. The number of hydrogen-bond donors (Lipinski definition) is 1. The Kier molecular flexibility index (Phi) is 5.82. The SMILES string of the molecule is CCCCC(NCc1ccccc1C)c1ccccc1. The monoisotopic (exact) mass is 267 g/mol. The molecule has 106 valence electrons. The highest BCUT2D eigenvalue weighted by molar-refractivity contribution is 5.26. The second-order valence-electron chi connectivity index (χ2n) is 5.41. The minimum absolute atomic E-state index is 0.454. The van der Waals surface area contributed by atoms with Crippen LogP contribution in [-0.2, 0) is 6.54 Å². The molecule has 0 aliphatic heterocycles. The van der Waals surface area contributed by atoms with Gasteiger partial charge in [-0.25, -0.2) is 0 Å². The zero-order chi connectivity index (χ0) is 14.2. The van der Waals surface area contributed by atoms with Crippen molar-refractivity contribution in [1.82, 2.24) is 5.32 Å². The van der Waals surface area contributed by atoms with Crippen molar-refractivity contribution in [3.05, 3.63) is 71.3 Å². The second-order valence-corrected chi connectivity index (χ2v) is 5.41. The molecule has 20 heavy (non-hydrogen) atoms. The molecule has 0 radical (unpaired) electrons. The molecular formula is C19H25N. The predicted octanol–water partition coefficient (Wildman–Crippen LogP) is 5.02. The summed E-state index contributed by atoms with van der Waals surface area (Å²) in [6.45, 7) is 5.37. The topological polar surface area (TPSA) is 12.0 Å². The first-order chi connectivity index (χ1) is 9.81. The molecule has 0 spiro atoms. The zero-order valence-corrected chi connectivity index (χ0v) is 12.6. The largest absolute Gasteiger partial charge is 0.306 e. The molecule has 1 heteroatoms. The third-order valence-corrected chi connectivity index (χ3v) is 3.85. The lowest BCUT2D eigenvalue weighted by atomic mass is 10.0. The van der Waals surface area contributed by atoms with Gasteiger partial charge in [0, 0.05) is 12.6 Å². The van der Waals surface area contributed by atoms with E-state index < -0.39 is 0 Å². The van der Waals surface area contributed by atoms with Gasteiger partial charge in [-0.15, -0.1) is 0 Å². The van der Waals surface area contributed by atoms with E-state index >= 15 is 0 Å². The summed E-state index contributed by atoms with van der Waals surface area (Å²) in [7, 11) is 0. The van der Waals surface area contributed by atoms with Crippen LogP contribution in [-0.4, -0.2) is 0 Å². The fourth-order valence-electron chi connectivity index (χ4n) is 2.52. The second kappa shape index (κ2) is 7.86. The zero-order valence-electron chi connectivity index (χ0n) is 12.6. The summed E-state index contributed by atoms with van der Waals surface area (Å²) in [5.41, 5.74) is 4.15. The molecule has 0 fully saturated rings. The third-order valence-electron chi connectivity index (χ3n) is 3.85. The molecule has 0 saturated heterocycles. The fraction of sp³-hybridized carbons (Fsp3) is 0.368. The van der Waals surface area contributed by atoms with Crippen LogP contribution in [0.3, 0.4) is 0 Å². The number of hydrogen-bond acceptors (Lipinski definition) is 1. The Labute approximate surface area is 123 Å². The number of benzene rings is 2. The lowest BCUT2D eigenvalue weighted by Gasteiger charge is -2.20. The third kappa shape index (κ3) is 4.21. The van der Waals surface area contributed by atoms with Gasteiger partial charge in [0.1, 0.15) is 0 Å². The van der Waals surface area contributed by atoms with E-state index in [1.54, 1.807) is 0 Å². The Bertz CT molecular complexity index is 504. The first-order valence-electron chi connectivity index (χ1n) is 7.64. The van der Waals surface area contributed by atoms with Crippen molar-refractivity contribution in [3.8, 4) is 0 Å². The van der Waals surface area contributed by atoms with Gasteiger partial charge >= 0.3 is 0 Å². The normalized spacial score (nSPS) is 12.3. The highest BCUT2D eigenvalue weighted by Gasteiger charge is 2.10. The maximum absolute atomic E-state index is 3.73. The van der Waals surface area contributed by atoms with Crippen LogP contribution in [0.1, 0.15) is 48.9 Å². The molecule has 1 unspecified atom stereocenters. The van der Waals surface area contributed by atoms with E-state index in [-0.39, 0.29) is 0 Å². The van der Waals surface area contributed by atoms with Crippen LogP contribution < -0.4 is 5.32 Å². The van der Waals surface area contributed by atoms with E-state index in [1.165, 1.54) is 36.0 Å². The van der Waals surface area contributed by atoms with Crippen LogP contribution in [0.4, 0.5) is 0 Å². The van der Waals surface area contributed by atoms with Crippen molar-refractivity contribution in [1.29, 1.82) is 0 Å². The average Bonchev–Trinajstić information content (AvgIpc) is 2.50. The standard InChI is InChI=1S/C19H25N/c1-3-4-14-19(17-11-6-5-7-12-17)20-15-18-13-9-8-10-16(18)2/h5-13,19-20H,3-4,14-15H2,1-2H3. The molecule has 0 heterocycles. The molecule has 0 aliphatic carbocycles. The van der Waals surface area contributed by atoms with Gasteiger partial charge in [-0.1, -0.05) is 74.4 Å². The summed E-state index contributed by atoms with van der Waals surface area (Å²) in [5.74, 6) is 0. The Morgan fingerprint density at radius 3 is 2.35 bits per heavy atom. The van der Waals surface area contributed by atoms with Crippen LogP contribution in [0, 0.1) is 6.92 Å². The van der Waals surface area contributed by atoms with E-state index in [9.17, 15) is 0 Å². The molecule has 1 nitrogen and oxygen atoms in total. The van der Waals surface area contributed by atoms with Crippen LogP contribution >= 0.6 is 0 Å². The van der Waals surface area contributed by atoms with E-state index in [2.05, 4.69) is 73.8 Å². The lowest BCUT2D eigenvalue weighted by Crippen LogP contribution is -2.21. The van der Waals surface area contributed by atoms with Crippen LogP contribution in [0.5, 0.6) is 0 Å². The van der Waals surface area contributed by atoms with Gasteiger partial charge in [-0.2, -0.15) is 0 Å². The van der Waals surface area contributed by atoms with Crippen LogP contribution in [0.15, 0.2) is 54.6 Å². The van der Waals surface area contributed by atoms with Gasteiger partial charge in [0.05, 0.1) is 0 Å². The molecule has 1 N–H and O–H groups in total. The molecule has 1 atom stereocenters. The first kappa shape index (κ1) is 14.8. The Morgan fingerprint density at radius 2 is 1.65 bits per heavy atom. The first-order valence-corrected chi connectivity index (χ1v) is 7.64. The minimum Gasteiger partial charge on any atom is -0.306 e. The van der Waals surface area contributed by atoms with Crippen molar-refractivity contribution in [3.63, 3.8) is 0 Å². The van der Waals surface area contributed by atoms with E-state index in [0.29, 0.717) is 6.04 Å². The summed E-state index contributed by atoms with van der Waals surface area (Å²) in [6, 6.07) is 19.9. The van der Waals surface area contributed by atoms with Gasteiger partial charge in [-0.05, 0) is 30.0 Å². The summed E-state index contributed by atoms with van der Waals surface area (Å²) >= 11 is 0. The Morgan fingerprint density at radius 1 is 0.950 bits per heavy atom. The Hall–Kier alpha value is -1.60. The van der Waals surface area contributed by atoms with Crippen molar-refractivity contribution in [2.24, 2.45) is 0 Å². The molecule has 0 saturated carbocycles. The lowest BCUT2D eigenvalue weighted by molar-refractivity contribution is 0.480. The summed E-state index contributed by atoms with van der Waals surface area (Å²) in [5, 5.41) is 3.73. The number of unbranched alkanes of at least 4 members (excludes halogenated alkanes) is 1. The van der Waals surface area contributed by atoms with E-state index in [4.69, 9.17) is 0 Å². The number of nitrogens with one attached hydrogen (secondary N) is 1. The predicted molar refractivity (Wildman–Crippen MR) is 86.7 cm³/mol. The van der Waals surface area contributed by atoms with Gasteiger partial charge in [0.25, 0.3) is 0 Å². The number of rotatable bonds is 7. The summed E-state index contributed by atoms with van der Waals surface area (Å²) in [6.07, 6.45) is 3.71. The van der Waals surface area contributed by atoms with Crippen LogP contribution in [0.2, 0.25) is 0 Å². The molecule has 0 amide bonds. The number of aryl methyl sites for hydroxylation is 1. The van der Waals surface area contributed by atoms with E-state index in [0.717, 1.165) is 6.54 Å². The van der Waals surface area contributed by atoms with Crippen molar-refractivity contribution in [2.45, 2.75) is 45.7 Å². The van der Waals surface area contributed by atoms with Crippen molar-refractivity contribution < 1.29 is 0 Å². The maximum atomic E-state index is 3.73. The van der Waals surface area contributed by atoms with Gasteiger partial charge < -0.3 is 5.32 Å². The van der Waals surface area contributed by atoms with Gasteiger partial charge in [0.15, 0.2) is 0 Å².